The molecule has 4 nitrogen and oxygen atoms in total. The van der Waals surface area contributed by atoms with Crippen LogP contribution in [-0.2, 0) is 13.2 Å². The number of benzene rings is 1. The lowest BCUT2D eigenvalue weighted by Gasteiger charge is -2.15. The Labute approximate surface area is 131 Å². The van der Waals surface area contributed by atoms with Crippen molar-refractivity contribution in [3.63, 3.8) is 0 Å². The molecule has 0 aliphatic carbocycles. The normalized spacial score (nSPS) is 10.5. The second-order valence-electron chi connectivity index (χ2n) is 4.34. The van der Waals surface area contributed by atoms with Crippen molar-refractivity contribution in [2.45, 2.75) is 20.1 Å². The van der Waals surface area contributed by atoms with Crippen LogP contribution in [0.25, 0.3) is 0 Å². The fraction of sp³-hybridized carbons (Fsp3) is 0.267. The lowest BCUT2D eigenvalue weighted by Crippen LogP contribution is -2.03. The third-order valence-electron chi connectivity index (χ3n) is 2.75. The zero-order chi connectivity index (χ0) is 15.2. The van der Waals surface area contributed by atoms with E-state index in [1.165, 1.54) is 6.07 Å². The zero-order valence-electron chi connectivity index (χ0n) is 11.6. The molecule has 0 aliphatic heterocycles. The lowest BCUT2D eigenvalue weighted by atomic mass is 10.2. The van der Waals surface area contributed by atoms with Crippen LogP contribution >= 0.6 is 15.9 Å². The molecule has 1 aromatic heterocycles. The van der Waals surface area contributed by atoms with Crippen molar-refractivity contribution in [1.29, 1.82) is 0 Å². The number of ether oxygens (including phenoxy) is 2. The molecule has 0 saturated carbocycles. The van der Waals surface area contributed by atoms with Crippen LogP contribution in [0.5, 0.6) is 11.5 Å². The summed E-state index contributed by atoms with van der Waals surface area (Å²) >= 11 is 3.45. The maximum atomic E-state index is 13.1. The minimum atomic E-state index is -0.390. The summed E-state index contributed by atoms with van der Waals surface area (Å²) in [5.74, 6) is 0.786. The van der Waals surface area contributed by atoms with Crippen LogP contribution in [0.4, 0.5) is 4.39 Å². The molecule has 0 fully saturated rings. The summed E-state index contributed by atoms with van der Waals surface area (Å²) in [6.45, 7) is 3.01. The van der Waals surface area contributed by atoms with Crippen LogP contribution in [0.2, 0.25) is 0 Å². The first kappa shape index (κ1) is 15.7. The number of rotatable bonds is 6. The van der Waals surface area contributed by atoms with Gasteiger partial charge in [0.1, 0.15) is 12.4 Å². The van der Waals surface area contributed by atoms with Crippen LogP contribution in [0.3, 0.4) is 0 Å². The summed E-state index contributed by atoms with van der Waals surface area (Å²) in [5.41, 5.74) is 7.23. The Hall–Kier alpha value is -1.66. The number of hydrogen-bond acceptors (Lipinski definition) is 4. The molecule has 0 atom stereocenters. The first-order chi connectivity index (χ1) is 10.1. The highest BCUT2D eigenvalue weighted by Gasteiger charge is 2.12. The van der Waals surface area contributed by atoms with Crippen LogP contribution < -0.4 is 15.2 Å². The van der Waals surface area contributed by atoms with E-state index in [4.69, 9.17) is 15.2 Å². The highest BCUT2D eigenvalue weighted by Crippen LogP contribution is 2.37. The van der Waals surface area contributed by atoms with E-state index in [2.05, 4.69) is 20.9 Å². The van der Waals surface area contributed by atoms with E-state index in [0.29, 0.717) is 30.2 Å². The Bertz CT molecular complexity index is 623. The molecule has 0 radical (unpaired) electrons. The highest BCUT2D eigenvalue weighted by molar-refractivity contribution is 9.10. The predicted octanol–water partition coefficient (Wildman–Crippen LogP) is 3.42. The highest BCUT2D eigenvalue weighted by atomic mass is 79.9. The fourth-order valence-electron chi connectivity index (χ4n) is 1.83. The molecule has 2 rings (SSSR count). The van der Waals surface area contributed by atoms with Gasteiger partial charge in [-0.3, -0.25) is 4.98 Å². The third kappa shape index (κ3) is 4.15. The van der Waals surface area contributed by atoms with E-state index in [1.807, 2.05) is 19.1 Å². The van der Waals surface area contributed by atoms with Crippen LogP contribution in [0.15, 0.2) is 35.1 Å². The largest absolute Gasteiger partial charge is 0.490 e. The Kier molecular flexibility index (Phi) is 5.52. The average Bonchev–Trinajstić information content (AvgIpc) is 2.46. The van der Waals surface area contributed by atoms with Crippen molar-refractivity contribution < 1.29 is 13.9 Å². The predicted molar refractivity (Wildman–Crippen MR) is 81.7 cm³/mol. The summed E-state index contributed by atoms with van der Waals surface area (Å²) in [4.78, 5) is 3.79. The molecule has 1 heterocycles. The maximum absolute atomic E-state index is 13.1. The maximum Gasteiger partial charge on any atom is 0.175 e. The van der Waals surface area contributed by atoms with Crippen LogP contribution in [0, 0.1) is 5.82 Å². The summed E-state index contributed by atoms with van der Waals surface area (Å²) in [5, 5.41) is 0. The lowest BCUT2D eigenvalue weighted by molar-refractivity contribution is 0.267. The van der Waals surface area contributed by atoms with E-state index in [1.54, 1.807) is 6.20 Å². The topological polar surface area (TPSA) is 57.4 Å². The summed E-state index contributed by atoms with van der Waals surface area (Å²) in [7, 11) is 0. The molecule has 0 aliphatic rings. The SMILES string of the molecule is CCOc1cc(CN)cc(Br)c1OCc1cncc(F)c1. The number of halogens is 2. The number of hydrogen-bond donors (Lipinski definition) is 1. The third-order valence-corrected chi connectivity index (χ3v) is 3.34. The monoisotopic (exact) mass is 354 g/mol. The first-order valence-corrected chi connectivity index (χ1v) is 7.30. The van der Waals surface area contributed by atoms with Gasteiger partial charge in [0.25, 0.3) is 0 Å². The molecule has 0 amide bonds. The zero-order valence-corrected chi connectivity index (χ0v) is 13.2. The molecule has 2 aromatic rings. The minimum absolute atomic E-state index is 0.200. The van der Waals surface area contributed by atoms with E-state index < -0.39 is 5.82 Å². The molecular formula is C15H16BrFN2O2. The number of pyridine rings is 1. The van der Waals surface area contributed by atoms with Gasteiger partial charge in [0, 0.05) is 18.3 Å². The molecule has 112 valence electrons. The van der Waals surface area contributed by atoms with Gasteiger partial charge >= 0.3 is 0 Å². The van der Waals surface area contributed by atoms with Gasteiger partial charge in [-0.2, -0.15) is 0 Å². The summed E-state index contributed by atoms with van der Waals surface area (Å²) < 4.78 is 25.2. The van der Waals surface area contributed by atoms with Crippen LogP contribution in [-0.4, -0.2) is 11.6 Å². The molecule has 6 heteroatoms. The molecule has 0 spiro atoms. The number of nitrogens with zero attached hydrogens (tertiary/aromatic N) is 1. The summed E-state index contributed by atoms with van der Waals surface area (Å²) in [6, 6.07) is 5.10. The van der Waals surface area contributed by atoms with E-state index >= 15 is 0 Å². The van der Waals surface area contributed by atoms with E-state index in [9.17, 15) is 4.39 Å². The Morgan fingerprint density at radius 3 is 2.67 bits per heavy atom. The molecule has 0 saturated heterocycles. The molecule has 0 unspecified atom stereocenters. The second-order valence-corrected chi connectivity index (χ2v) is 5.20. The van der Waals surface area contributed by atoms with Gasteiger partial charge in [0.05, 0.1) is 17.3 Å². The fourth-order valence-corrected chi connectivity index (χ4v) is 2.44. The van der Waals surface area contributed by atoms with Gasteiger partial charge < -0.3 is 15.2 Å². The molecular weight excluding hydrogens is 339 g/mol. The Morgan fingerprint density at radius 2 is 2.00 bits per heavy atom. The number of aromatic nitrogens is 1. The van der Waals surface area contributed by atoms with Crippen molar-refractivity contribution in [2.75, 3.05) is 6.61 Å². The van der Waals surface area contributed by atoms with Gasteiger partial charge in [0.15, 0.2) is 11.5 Å². The molecule has 21 heavy (non-hydrogen) atoms. The Morgan fingerprint density at radius 1 is 1.19 bits per heavy atom. The second kappa shape index (κ2) is 7.38. The quantitative estimate of drug-likeness (QED) is 0.863. The van der Waals surface area contributed by atoms with E-state index in [-0.39, 0.29) is 6.61 Å². The Balaban J connectivity index is 2.22. The van der Waals surface area contributed by atoms with Crippen molar-refractivity contribution in [3.05, 3.63) is 52.0 Å². The number of nitrogens with two attached hydrogens (primary N) is 1. The van der Waals surface area contributed by atoms with Crippen LogP contribution in [0.1, 0.15) is 18.1 Å². The van der Waals surface area contributed by atoms with E-state index in [0.717, 1.165) is 16.2 Å². The molecule has 0 bridgehead atoms. The van der Waals surface area contributed by atoms with Gasteiger partial charge in [-0.25, -0.2) is 4.39 Å². The van der Waals surface area contributed by atoms with Crippen molar-refractivity contribution >= 4 is 15.9 Å². The van der Waals surface area contributed by atoms with Crippen molar-refractivity contribution in [1.82, 2.24) is 4.98 Å². The average molecular weight is 355 g/mol. The van der Waals surface area contributed by atoms with Crippen molar-refractivity contribution in [2.24, 2.45) is 5.73 Å². The van der Waals surface area contributed by atoms with Gasteiger partial charge in [-0.15, -0.1) is 0 Å². The van der Waals surface area contributed by atoms with Crippen molar-refractivity contribution in [3.8, 4) is 11.5 Å². The summed E-state index contributed by atoms with van der Waals surface area (Å²) in [6.07, 6.45) is 2.71. The molecule has 2 N–H and O–H groups in total. The van der Waals surface area contributed by atoms with Gasteiger partial charge in [0.2, 0.25) is 0 Å². The first-order valence-electron chi connectivity index (χ1n) is 6.51. The smallest absolute Gasteiger partial charge is 0.175 e. The minimum Gasteiger partial charge on any atom is -0.490 e. The van der Waals surface area contributed by atoms with Gasteiger partial charge in [-0.05, 0) is 46.6 Å². The molecule has 1 aromatic carbocycles. The standard InChI is InChI=1S/C15H16BrFN2O2/c1-2-20-14-5-10(6-18)4-13(16)15(14)21-9-11-3-12(17)8-19-7-11/h3-5,7-8H,2,6,9,18H2,1H3. The van der Waals surface area contributed by atoms with Gasteiger partial charge in [-0.1, -0.05) is 0 Å².